The molecule has 0 radical (unpaired) electrons. The van der Waals surface area contributed by atoms with Crippen molar-refractivity contribution in [3.63, 3.8) is 0 Å². The largest absolute Gasteiger partial charge is 0.234 e. The lowest BCUT2D eigenvalue weighted by molar-refractivity contribution is 1.38. The minimum Gasteiger partial charge on any atom is -0.234 e. The summed E-state index contributed by atoms with van der Waals surface area (Å²) in [6.07, 6.45) is 1.86. The second-order valence-corrected chi connectivity index (χ2v) is 6.96. The Hall–Kier alpha value is -1.74. The molecule has 0 aliphatic heterocycles. The van der Waals surface area contributed by atoms with Gasteiger partial charge in [-0.1, -0.05) is 34.1 Å². The van der Waals surface area contributed by atoms with Gasteiger partial charge in [0.25, 0.3) is 0 Å². The summed E-state index contributed by atoms with van der Waals surface area (Å²) < 4.78 is 1.02. The summed E-state index contributed by atoms with van der Waals surface area (Å²) >= 11 is 6.55. The molecule has 0 saturated heterocycles. The van der Waals surface area contributed by atoms with Gasteiger partial charge in [0.05, 0.1) is 16.1 Å². The van der Waals surface area contributed by atoms with Gasteiger partial charge >= 0.3 is 0 Å². The van der Waals surface area contributed by atoms with Crippen LogP contribution in [0.2, 0.25) is 0 Å². The van der Waals surface area contributed by atoms with E-state index in [1.54, 1.807) is 11.3 Å². The molecule has 0 spiro atoms. The Morgan fingerprint density at radius 3 is 2.67 bits per heavy atom. The molecule has 0 amide bonds. The molecule has 3 rings (SSSR count). The first kappa shape index (κ1) is 14.2. The SMILES string of the molecule is N#C/C(=C\c1ccc(Br)cc1)c1nc(-c2cccs2)cs1. The van der Waals surface area contributed by atoms with Gasteiger partial charge in [0, 0.05) is 9.85 Å². The average Bonchev–Trinajstić information content (AvgIpc) is 3.17. The van der Waals surface area contributed by atoms with Crippen LogP contribution in [0.4, 0.5) is 0 Å². The molecule has 21 heavy (non-hydrogen) atoms. The van der Waals surface area contributed by atoms with Crippen LogP contribution >= 0.6 is 38.6 Å². The molecule has 102 valence electrons. The molecule has 0 N–H and O–H groups in total. The summed E-state index contributed by atoms with van der Waals surface area (Å²) in [6.45, 7) is 0. The van der Waals surface area contributed by atoms with Crippen molar-refractivity contribution < 1.29 is 0 Å². The van der Waals surface area contributed by atoms with Crippen molar-refractivity contribution in [3.05, 3.63) is 62.2 Å². The van der Waals surface area contributed by atoms with E-state index in [-0.39, 0.29) is 0 Å². The van der Waals surface area contributed by atoms with Gasteiger partial charge in [0.2, 0.25) is 0 Å². The van der Waals surface area contributed by atoms with E-state index in [1.807, 2.05) is 53.2 Å². The lowest BCUT2D eigenvalue weighted by Gasteiger charge is -1.96. The van der Waals surface area contributed by atoms with Crippen LogP contribution in [0.1, 0.15) is 10.6 Å². The van der Waals surface area contributed by atoms with Crippen molar-refractivity contribution in [2.24, 2.45) is 0 Å². The van der Waals surface area contributed by atoms with Crippen LogP contribution in [-0.4, -0.2) is 4.98 Å². The molecular weight excluding hydrogens is 364 g/mol. The first-order valence-electron chi connectivity index (χ1n) is 6.13. The number of nitrogens with zero attached hydrogens (tertiary/aromatic N) is 2. The standard InChI is InChI=1S/C16H9BrN2S2/c17-13-5-3-11(4-6-13)8-12(9-18)16-19-14(10-21-16)15-2-1-7-20-15/h1-8,10H/b12-8+. The predicted octanol–water partition coefficient (Wildman–Crippen LogP) is 5.70. The monoisotopic (exact) mass is 372 g/mol. The highest BCUT2D eigenvalue weighted by atomic mass is 79.9. The number of thiophene rings is 1. The molecule has 0 bridgehead atoms. The molecule has 0 saturated carbocycles. The summed E-state index contributed by atoms with van der Waals surface area (Å²) in [5, 5.41) is 14.1. The van der Waals surface area contributed by atoms with E-state index in [2.05, 4.69) is 27.0 Å². The predicted molar refractivity (Wildman–Crippen MR) is 93.1 cm³/mol. The molecule has 0 aliphatic carbocycles. The summed E-state index contributed by atoms with van der Waals surface area (Å²) in [6, 6.07) is 14.1. The van der Waals surface area contributed by atoms with Crippen molar-refractivity contribution in [2.75, 3.05) is 0 Å². The van der Waals surface area contributed by atoms with E-state index >= 15 is 0 Å². The van der Waals surface area contributed by atoms with Gasteiger partial charge in [-0.05, 0) is 35.2 Å². The van der Waals surface area contributed by atoms with Crippen molar-refractivity contribution in [2.45, 2.75) is 0 Å². The highest BCUT2D eigenvalue weighted by Gasteiger charge is 2.09. The van der Waals surface area contributed by atoms with Crippen LogP contribution in [0.3, 0.4) is 0 Å². The Kier molecular flexibility index (Phi) is 4.30. The van der Waals surface area contributed by atoms with E-state index < -0.39 is 0 Å². The highest BCUT2D eigenvalue weighted by Crippen LogP contribution is 2.29. The third-order valence-electron chi connectivity index (χ3n) is 2.81. The van der Waals surface area contributed by atoms with E-state index in [0.717, 1.165) is 25.6 Å². The lowest BCUT2D eigenvalue weighted by atomic mass is 10.1. The molecule has 0 unspecified atom stereocenters. The van der Waals surface area contributed by atoms with E-state index in [1.165, 1.54) is 11.3 Å². The smallest absolute Gasteiger partial charge is 0.134 e. The molecule has 0 atom stereocenters. The molecule has 2 heterocycles. The average molecular weight is 373 g/mol. The molecule has 2 aromatic heterocycles. The zero-order valence-corrected chi connectivity index (χ0v) is 14.0. The Balaban J connectivity index is 1.94. The van der Waals surface area contributed by atoms with Crippen LogP contribution in [0.15, 0.2) is 51.6 Å². The number of halogens is 1. The maximum Gasteiger partial charge on any atom is 0.134 e. The Morgan fingerprint density at radius 2 is 2.00 bits per heavy atom. The first-order chi connectivity index (χ1) is 10.3. The Labute approximate surface area is 139 Å². The molecule has 1 aromatic carbocycles. The molecule has 0 aliphatic rings. The van der Waals surface area contributed by atoms with Crippen LogP contribution < -0.4 is 0 Å². The molecular formula is C16H9BrN2S2. The van der Waals surface area contributed by atoms with E-state index in [0.29, 0.717) is 5.57 Å². The summed E-state index contributed by atoms with van der Waals surface area (Å²) in [5.74, 6) is 0. The van der Waals surface area contributed by atoms with Crippen LogP contribution in [-0.2, 0) is 0 Å². The summed E-state index contributed by atoms with van der Waals surface area (Å²) in [7, 11) is 0. The molecule has 5 heteroatoms. The Bertz CT molecular complexity index is 809. The third-order valence-corrected chi connectivity index (χ3v) is 5.11. The van der Waals surface area contributed by atoms with Gasteiger partial charge < -0.3 is 0 Å². The minimum atomic E-state index is 0.588. The lowest BCUT2D eigenvalue weighted by Crippen LogP contribution is -1.81. The van der Waals surface area contributed by atoms with Gasteiger partial charge in [-0.3, -0.25) is 0 Å². The highest BCUT2D eigenvalue weighted by molar-refractivity contribution is 9.10. The van der Waals surface area contributed by atoms with Gasteiger partial charge in [0.15, 0.2) is 0 Å². The number of aromatic nitrogens is 1. The summed E-state index contributed by atoms with van der Waals surface area (Å²) in [4.78, 5) is 5.69. The number of nitriles is 1. The van der Waals surface area contributed by atoms with Gasteiger partial charge in [-0.2, -0.15) is 5.26 Å². The van der Waals surface area contributed by atoms with Gasteiger partial charge in [0.1, 0.15) is 11.1 Å². The number of allylic oxidation sites excluding steroid dienone is 1. The third kappa shape index (κ3) is 3.30. The molecule has 0 fully saturated rings. The van der Waals surface area contributed by atoms with Gasteiger partial charge in [-0.25, -0.2) is 4.98 Å². The first-order valence-corrected chi connectivity index (χ1v) is 8.68. The van der Waals surface area contributed by atoms with E-state index in [4.69, 9.17) is 0 Å². The Morgan fingerprint density at radius 1 is 1.19 bits per heavy atom. The minimum absolute atomic E-state index is 0.588. The maximum absolute atomic E-state index is 9.38. The second-order valence-electron chi connectivity index (χ2n) is 4.24. The normalized spacial score (nSPS) is 11.3. The fraction of sp³-hybridized carbons (Fsp3) is 0. The second kappa shape index (κ2) is 6.35. The van der Waals surface area contributed by atoms with Crippen molar-refractivity contribution in [1.29, 1.82) is 5.26 Å². The van der Waals surface area contributed by atoms with Gasteiger partial charge in [-0.15, -0.1) is 22.7 Å². The van der Waals surface area contributed by atoms with Crippen molar-refractivity contribution >= 4 is 50.3 Å². The molecule has 3 aromatic rings. The fourth-order valence-corrected chi connectivity index (χ4v) is 3.61. The zero-order valence-electron chi connectivity index (χ0n) is 10.8. The van der Waals surface area contributed by atoms with Crippen LogP contribution in [0.5, 0.6) is 0 Å². The number of rotatable bonds is 3. The summed E-state index contributed by atoms with van der Waals surface area (Å²) in [5.41, 5.74) is 2.51. The molecule has 2 nitrogen and oxygen atoms in total. The van der Waals surface area contributed by atoms with Crippen molar-refractivity contribution in [1.82, 2.24) is 4.98 Å². The number of hydrogen-bond acceptors (Lipinski definition) is 4. The van der Waals surface area contributed by atoms with E-state index in [9.17, 15) is 5.26 Å². The van der Waals surface area contributed by atoms with Crippen LogP contribution in [0.25, 0.3) is 22.2 Å². The number of hydrogen-bond donors (Lipinski definition) is 0. The number of thiazole rings is 1. The van der Waals surface area contributed by atoms with Crippen LogP contribution in [0, 0.1) is 11.3 Å². The topological polar surface area (TPSA) is 36.7 Å². The fourth-order valence-electron chi connectivity index (χ4n) is 1.80. The quantitative estimate of drug-likeness (QED) is 0.553. The zero-order chi connectivity index (χ0) is 14.7. The maximum atomic E-state index is 9.38. The van der Waals surface area contributed by atoms with Crippen molar-refractivity contribution in [3.8, 4) is 16.6 Å². The number of benzene rings is 1.